The minimum Gasteiger partial charge on any atom is -0.497 e. The predicted molar refractivity (Wildman–Crippen MR) is 108 cm³/mol. The second kappa shape index (κ2) is 10.1. The number of amides is 2. The molecule has 1 aromatic carbocycles. The normalized spacial score (nSPS) is 16.9. The fourth-order valence-electron chi connectivity index (χ4n) is 2.47. The van der Waals surface area contributed by atoms with E-state index in [9.17, 15) is 9.59 Å². The van der Waals surface area contributed by atoms with Crippen LogP contribution in [0.15, 0.2) is 29.3 Å². The number of hydrogen-bond donors (Lipinski definition) is 3. The minimum atomic E-state index is -0.140. The molecule has 25 heavy (non-hydrogen) atoms. The van der Waals surface area contributed by atoms with Crippen LogP contribution < -0.4 is 25.6 Å². The van der Waals surface area contributed by atoms with Crippen LogP contribution in [0.25, 0.3) is 0 Å². The highest BCUT2D eigenvalue weighted by atomic mass is 127. The Bertz CT molecular complexity index is 638. The summed E-state index contributed by atoms with van der Waals surface area (Å²) in [5.74, 6) is 1.09. The van der Waals surface area contributed by atoms with Gasteiger partial charge in [0.25, 0.3) is 0 Å². The quantitative estimate of drug-likeness (QED) is 0.334. The van der Waals surface area contributed by atoms with E-state index in [0.29, 0.717) is 24.7 Å². The largest absolute Gasteiger partial charge is 0.497 e. The van der Waals surface area contributed by atoms with Crippen LogP contribution in [0, 0.1) is 0 Å². The van der Waals surface area contributed by atoms with E-state index in [1.807, 2.05) is 24.3 Å². The Morgan fingerprint density at radius 3 is 2.84 bits per heavy atom. The summed E-state index contributed by atoms with van der Waals surface area (Å²) in [4.78, 5) is 29.4. The van der Waals surface area contributed by atoms with Crippen molar-refractivity contribution in [2.75, 3.05) is 39.2 Å². The summed E-state index contributed by atoms with van der Waals surface area (Å²) in [6.45, 7) is 0.642. The Morgan fingerprint density at radius 2 is 2.20 bits per heavy atom. The lowest BCUT2D eigenvalue weighted by Crippen LogP contribution is -2.47. The Morgan fingerprint density at radius 1 is 1.44 bits per heavy atom. The first-order valence-corrected chi connectivity index (χ1v) is 7.69. The topological polar surface area (TPSA) is 95.1 Å². The summed E-state index contributed by atoms with van der Waals surface area (Å²) in [6, 6.07) is 7.32. The molecule has 2 amide bonds. The molecule has 0 saturated carbocycles. The van der Waals surface area contributed by atoms with Gasteiger partial charge in [-0.15, -0.1) is 24.0 Å². The standard InChI is InChI=1S/C16H23N5O3.HI/c1-17-14(22)9-19-16(18-2)20-11-7-15(23)21(10-11)12-5-4-6-13(8-12)24-3;/h4-6,8,11H,7,9-10H2,1-3H3,(H,17,22)(H2,18,19,20);1H. The maximum Gasteiger partial charge on any atom is 0.239 e. The zero-order valence-corrected chi connectivity index (χ0v) is 16.9. The molecule has 1 unspecified atom stereocenters. The number of rotatable bonds is 5. The van der Waals surface area contributed by atoms with Crippen LogP contribution in [0.1, 0.15) is 6.42 Å². The van der Waals surface area contributed by atoms with E-state index < -0.39 is 0 Å². The first-order valence-electron chi connectivity index (χ1n) is 7.69. The van der Waals surface area contributed by atoms with E-state index in [1.165, 1.54) is 0 Å². The van der Waals surface area contributed by atoms with Crippen LogP contribution in [-0.2, 0) is 9.59 Å². The fraction of sp³-hybridized carbons (Fsp3) is 0.438. The van der Waals surface area contributed by atoms with Crippen molar-refractivity contribution in [3.05, 3.63) is 24.3 Å². The number of aliphatic imine (C=N–C) groups is 1. The van der Waals surface area contributed by atoms with Crippen LogP contribution in [0.3, 0.4) is 0 Å². The van der Waals surface area contributed by atoms with Gasteiger partial charge in [0, 0.05) is 38.8 Å². The third-order valence-corrected chi connectivity index (χ3v) is 3.75. The molecule has 9 heteroatoms. The van der Waals surface area contributed by atoms with Crippen molar-refractivity contribution >= 4 is 47.4 Å². The number of carbonyl (C=O) groups is 2. The SMILES string of the molecule is CN=C(NCC(=O)NC)NC1CC(=O)N(c2cccc(OC)c2)C1.I. The molecule has 0 aromatic heterocycles. The monoisotopic (exact) mass is 461 g/mol. The molecular weight excluding hydrogens is 437 g/mol. The summed E-state index contributed by atoms with van der Waals surface area (Å²) in [5, 5.41) is 8.61. The number of anilines is 1. The van der Waals surface area contributed by atoms with Gasteiger partial charge in [-0.2, -0.15) is 0 Å². The molecule has 1 heterocycles. The van der Waals surface area contributed by atoms with Crippen molar-refractivity contribution in [1.82, 2.24) is 16.0 Å². The Balaban J connectivity index is 0.00000312. The third kappa shape index (κ3) is 5.76. The molecule has 1 aromatic rings. The van der Waals surface area contributed by atoms with Crippen molar-refractivity contribution in [1.29, 1.82) is 0 Å². The molecule has 2 rings (SSSR count). The number of nitrogens with zero attached hydrogens (tertiary/aromatic N) is 2. The first kappa shape index (κ1) is 21.0. The Kier molecular flexibility index (Phi) is 8.46. The predicted octanol–water partition coefficient (Wildman–Crippen LogP) is 0.330. The number of guanidine groups is 1. The van der Waals surface area contributed by atoms with Gasteiger partial charge in [0.05, 0.1) is 19.7 Å². The Labute approximate surface area is 164 Å². The molecule has 3 N–H and O–H groups in total. The van der Waals surface area contributed by atoms with Crippen LogP contribution in [0.2, 0.25) is 0 Å². The summed E-state index contributed by atoms with van der Waals surface area (Å²) in [7, 11) is 4.79. The maximum atomic E-state index is 12.3. The molecule has 1 atom stereocenters. The van der Waals surface area contributed by atoms with Crippen LogP contribution in [0.5, 0.6) is 5.75 Å². The molecule has 0 spiro atoms. The molecule has 1 aliphatic heterocycles. The first-order chi connectivity index (χ1) is 11.6. The van der Waals surface area contributed by atoms with Gasteiger partial charge in [-0.05, 0) is 12.1 Å². The van der Waals surface area contributed by atoms with Gasteiger partial charge in [-0.25, -0.2) is 0 Å². The maximum absolute atomic E-state index is 12.3. The zero-order chi connectivity index (χ0) is 17.5. The number of halogens is 1. The highest BCUT2D eigenvalue weighted by Crippen LogP contribution is 2.25. The highest BCUT2D eigenvalue weighted by Gasteiger charge is 2.31. The number of carbonyl (C=O) groups excluding carboxylic acids is 2. The van der Waals surface area contributed by atoms with Gasteiger partial charge in [0.15, 0.2) is 5.96 Å². The van der Waals surface area contributed by atoms with Crippen LogP contribution >= 0.6 is 24.0 Å². The number of benzene rings is 1. The summed E-state index contributed by atoms with van der Waals surface area (Å²) < 4.78 is 5.20. The summed E-state index contributed by atoms with van der Waals surface area (Å²) >= 11 is 0. The van der Waals surface area contributed by atoms with E-state index in [0.717, 1.165) is 5.69 Å². The molecule has 1 aliphatic rings. The molecule has 8 nitrogen and oxygen atoms in total. The highest BCUT2D eigenvalue weighted by molar-refractivity contribution is 14.0. The van der Waals surface area contributed by atoms with Gasteiger partial charge in [0.1, 0.15) is 5.75 Å². The summed E-state index contributed by atoms with van der Waals surface area (Å²) in [5.41, 5.74) is 0.803. The Hall–Kier alpha value is -2.04. The van der Waals surface area contributed by atoms with Gasteiger partial charge in [0.2, 0.25) is 11.8 Å². The second-order valence-corrected chi connectivity index (χ2v) is 5.35. The molecule has 0 aliphatic carbocycles. The zero-order valence-electron chi connectivity index (χ0n) is 14.5. The van der Waals surface area contributed by atoms with Crippen LogP contribution in [0.4, 0.5) is 5.69 Å². The van der Waals surface area contributed by atoms with Crippen LogP contribution in [-0.4, -0.2) is 58.1 Å². The van der Waals surface area contributed by atoms with E-state index in [4.69, 9.17) is 4.74 Å². The molecule has 1 saturated heterocycles. The fourth-order valence-corrected chi connectivity index (χ4v) is 2.47. The molecule has 0 radical (unpaired) electrons. The third-order valence-electron chi connectivity index (χ3n) is 3.75. The van der Waals surface area contributed by atoms with Crippen molar-refractivity contribution in [2.45, 2.75) is 12.5 Å². The van der Waals surface area contributed by atoms with E-state index in [2.05, 4.69) is 20.9 Å². The van der Waals surface area contributed by atoms with E-state index >= 15 is 0 Å². The van der Waals surface area contributed by atoms with Gasteiger partial charge in [-0.3, -0.25) is 14.6 Å². The number of likely N-dealkylation sites (N-methyl/N-ethyl adjacent to an activating group) is 1. The molecular formula is C16H24IN5O3. The van der Waals surface area contributed by atoms with Crippen molar-refractivity contribution < 1.29 is 14.3 Å². The molecule has 138 valence electrons. The lowest BCUT2D eigenvalue weighted by molar-refractivity contribution is -0.119. The number of methoxy groups -OCH3 is 1. The van der Waals surface area contributed by atoms with E-state index in [-0.39, 0.29) is 48.4 Å². The van der Waals surface area contributed by atoms with E-state index in [1.54, 1.807) is 26.1 Å². The molecule has 1 fully saturated rings. The van der Waals surface area contributed by atoms with Gasteiger partial charge in [-0.1, -0.05) is 6.07 Å². The lowest BCUT2D eigenvalue weighted by atomic mass is 10.2. The average molecular weight is 461 g/mol. The number of nitrogens with one attached hydrogen (secondary N) is 3. The lowest BCUT2D eigenvalue weighted by Gasteiger charge is -2.19. The number of hydrogen-bond acceptors (Lipinski definition) is 4. The smallest absolute Gasteiger partial charge is 0.239 e. The molecule has 0 bridgehead atoms. The van der Waals surface area contributed by atoms with Crippen molar-refractivity contribution in [3.8, 4) is 5.75 Å². The van der Waals surface area contributed by atoms with Crippen molar-refractivity contribution in [3.63, 3.8) is 0 Å². The number of ether oxygens (including phenoxy) is 1. The van der Waals surface area contributed by atoms with Gasteiger partial charge < -0.3 is 25.6 Å². The average Bonchev–Trinajstić information content (AvgIpc) is 2.98. The minimum absolute atomic E-state index is 0. The second-order valence-electron chi connectivity index (χ2n) is 5.35. The van der Waals surface area contributed by atoms with Crippen molar-refractivity contribution in [2.24, 2.45) is 4.99 Å². The van der Waals surface area contributed by atoms with Gasteiger partial charge >= 0.3 is 0 Å². The summed E-state index contributed by atoms with van der Waals surface area (Å²) in [6.07, 6.45) is 0.359.